The predicted molar refractivity (Wildman–Crippen MR) is 75.5 cm³/mol. The molecule has 1 N–H and O–H groups in total. The molecule has 1 aromatic rings. The van der Waals surface area contributed by atoms with Crippen LogP contribution in [0.3, 0.4) is 0 Å². The van der Waals surface area contributed by atoms with E-state index in [0.29, 0.717) is 17.5 Å². The molecule has 0 saturated heterocycles. The van der Waals surface area contributed by atoms with Crippen LogP contribution in [0, 0.1) is 24.7 Å². The molecular formula is C16H19NO3. The zero-order chi connectivity index (χ0) is 14.3. The topological polar surface area (TPSA) is 57.6 Å². The number of carbonyl (C=O) groups is 2. The fourth-order valence-electron chi connectivity index (χ4n) is 3.29. The fraction of sp³-hybridized carbons (Fsp3) is 0.500. The lowest BCUT2D eigenvalue weighted by atomic mass is 10.0. The quantitative estimate of drug-likeness (QED) is 0.916. The molecule has 1 aromatic carbocycles. The van der Waals surface area contributed by atoms with Crippen LogP contribution in [0.25, 0.3) is 0 Å². The van der Waals surface area contributed by atoms with Crippen molar-refractivity contribution < 1.29 is 14.7 Å². The molecule has 0 aliphatic heterocycles. The van der Waals surface area contributed by atoms with Crippen LogP contribution in [0.5, 0.6) is 0 Å². The highest BCUT2D eigenvalue weighted by Gasteiger charge is 2.49. The van der Waals surface area contributed by atoms with Gasteiger partial charge in [0.25, 0.3) is 0 Å². The van der Waals surface area contributed by atoms with Crippen molar-refractivity contribution in [1.82, 2.24) is 0 Å². The molecule has 0 bridgehead atoms. The number of carboxylic acid groups (broad SMARTS) is 1. The maximum absolute atomic E-state index is 12.6. The summed E-state index contributed by atoms with van der Waals surface area (Å²) in [5.41, 5.74) is 1.78. The Kier molecular flexibility index (Phi) is 3.24. The number of nitrogens with zero attached hydrogens (tertiary/aromatic N) is 1. The number of amides is 1. The van der Waals surface area contributed by atoms with Gasteiger partial charge < -0.3 is 10.0 Å². The van der Waals surface area contributed by atoms with Crippen molar-refractivity contribution in [3.63, 3.8) is 0 Å². The number of aryl methyl sites for hydroxylation is 1. The summed E-state index contributed by atoms with van der Waals surface area (Å²) >= 11 is 0. The molecule has 0 radical (unpaired) electrons. The molecule has 2 atom stereocenters. The van der Waals surface area contributed by atoms with E-state index in [2.05, 4.69) is 0 Å². The third kappa shape index (κ3) is 2.55. The molecule has 3 rings (SSSR count). The van der Waals surface area contributed by atoms with E-state index in [1.165, 1.54) is 11.3 Å². The monoisotopic (exact) mass is 273 g/mol. The number of rotatable bonds is 4. The summed E-state index contributed by atoms with van der Waals surface area (Å²) in [5.74, 6) is 0.451. The highest BCUT2D eigenvalue weighted by Crippen LogP contribution is 2.54. The smallest absolute Gasteiger partial charge is 0.323 e. The molecule has 106 valence electrons. The minimum atomic E-state index is -0.970. The highest BCUT2D eigenvalue weighted by atomic mass is 16.4. The van der Waals surface area contributed by atoms with Crippen molar-refractivity contribution in [2.75, 3.05) is 11.4 Å². The molecule has 4 heteroatoms. The van der Waals surface area contributed by atoms with E-state index in [1.54, 1.807) is 0 Å². The van der Waals surface area contributed by atoms with Gasteiger partial charge in [-0.2, -0.15) is 0 Å². The minimum absolute atomic E-state index is 0.0133. The zero-order valence-corrected chi connectivity index (χ0v) is 11.6. The summed E-state index contributed by atoms with van der Waals surface area (Å²) in [5, 5.41) is 9.06. The molecule has 0 spiro atoms. The van der Waals surface area contributed by atoms with E-state index < -0.39 is 5.97 Å². The number of hydrogen-bond acceptors (Lipinski definition) is 2. The molecule has 20 heavy (non-hydrogen) atoms. The molecule has 2 unspecified atom stereocenters. The Morgan fingerprint density at radius 1 is 1.15 bits per heavy atom. The second-order valence-corrected chi connectivity index (χ2v) is 6.08. The van der Waals surface area contributed by atoms with Crippen LogP contribution >= 0.6 is 0 Å². The van der Waals surface area contributed by atoms with Crippen molar-refractivity contribution >= 4 is 17.6 Å². The second kappa shape index (κ2) is 4.93. The van der Waals surface area contributed by atoms with Crippen molar-refractivity contribution in [2.45, 2.75) is 26.2 Å². The van der Waals surface area contributed by atoms with Gasteiger partial charge in [-0.05, 0) is 50.2 Å². The summed E-state index contributed by atoms with van der Waals surface area (Å²) in [6, 6.07) is 7.46. The lowest BCUT2D eigenvalue weighted by Crippen LogP contribution is -2.39. The van der Waals surface area contributed by atoms with Crippen molar-refractivity contribution in [2.24, 2.45) is 17.8 Å². The Bertz CT molecular complexity index is 527. The molecule has 2 fully saturated rings. The van der Waals surface area contributed by atoms with Crippen LogP contribution in [0.1, 0.15) is 24.8 Å². The van der Waals surface area contributed by atoms with Crippen LogP contribution in [0.4, 0.5) is 5.69 Å². The highest BCUT2D eigenvalue weighted by molar-refractivity contribution is 5.99. The van der Waals surface area contributed by atoms with Crippen LogP contribution < -0.4 is 4.90 Å². The molecule has 4 nitrogen and oxygen atoms in total. The summed E-state index contributed by atoms with van der Waals surface area (Å²) in [6.45, 7) is 1.71. The van der Waals surface area contributed by atoms with Gasteiger partial charge >= 0.3 is 5.97 Å². The standard InChI is InChI=1S/C16H19NO3/c1-10-2-4-14(5-3-10)17(9-15(18)19)16(20)13-7-11-6-12(11)8-13/h2-5,11-13H,6-9H2,1H3,(H,18,19). The van der Waals surface area contributed by atoms with Gasteiger partial charge in [0.2, 0.25) is 5.91 Å². The van der Waals surface area contributed by atoms with Gasteiger partial charge in [-0.15, -0.1) is 0 Å². The van der Waals surface area contributed by atoms with E-state index in [-0.39, 0.29) is 18.4 Å². The third-order valence-electron chi connectivity index (χ3n) is 4.50. The van der Waals surface area contributed by atoms with Crippen LogP contribution in [0.2, 0.25) is 0 Å². The normalized spacial score (nSPS) is 26.9. The van der Waals surface area contributed by atoms with E-state index >= 15 is 0 Å². The summed E-state index contributed by atoms with van der Waals surface area (Å²) in [6.07, 6.45) is 3.13. The van der Waals surface area contributed by atoms with Gasteiger partial charge in [-0.25, -0.2) is 0 Å². The number of hydrogen-bond donors (Lipinski definition) is 1. The molecule has 2 aliphatic rings. The van der Waals surface area contributed by atoms with Gasteiger partial charge in [0, 0.05) is 11.6 Å². The molecule has 1 amide bonds. The maximum atomic E-state index is 12.6. The van der Waals surface area contributed by atoms with Gasteiger partial charge in [0.15, 0.2) is 0 Å². The average molecular weight is 273 g/mol. The van der Waals surface area contributed by atoms with Crippen LogP contribution in [0.15, 0.2) is 24.3 Å². The van der Waals surface area contributed by atoms with E-state index in [1.807, 2.05) is 31.2 Å². The molecule has 0 aromatic heterocycles. The predicted octanol–water partition coefficient (Wildman–Crippen LogP) is 2.46. The maximum Gasteiger partial charge on any atom is 0.323 e. The molecule has 0 heterocycles. The Labute approximate surface area is 118 Å². The Hall–Kier alpha value is -1.84. The Morgan fingerprint density at radius 3 is 2.30 bits per heavy atom. The number of anilines is 1. The van der Waals surface area contributed by atoms with Gasteiger partial charge in [-0.3, -0.25) is 9.59 Å². The first kappa shape index (κ1) is 13.2. The summed E-state index contributed by atoms with van der Waals surface area (Å²) < 4.78 is 0. The van der Waals surface area contributed by atoms with Gasteiger partial charge in [0.05, 0.1) is 0 Å². The second-order valence-electron chi connectivity index (χ2n) is 6.08. The van der Waals surface area contributed by atoms with Gasteiger partial charge in [-0.1, -0.05) is 17.7 Å². The van der Waals surface area contributed by atoms with Crippen molar-refractivity contribution in [1.29, 1.82) is 0 Å². The molecular weight excluding hydrogens is 254 g/mol. The minimum Gasteiger partial charge on any atom is -0.480 e. The summed E-state index contributed by atoms with van der Waals surface area (Å²) in [4.78, 5) is 25.1. The number of fused-ring (bicyclic) bond motifs is 1. The van der Waals surface area contributed by atoms with Crippen LogP contribution in [-0.2, 0) is 9.59 Å². The van der Waals surface area contributed by atoms with Crippen molar-refractivity contribution in [3.8, 4) is 0 Å². The van der Waals surface area contributed by atoms with Crippen molar-refractivity contribution in [3.05, 3.63) is 29.8 Å². The van der Waals surface area contributed by atoms with E-state index in [9.17, 15) is 9.59 Å². The number of aliphatic carboxylic acids is 1. The molecule has 2 aliphatic carbocycles. The van der Waals surface area contributed by atoms with Crippen LogP contribution in [-0.4, -0.2) is 23.5 Å². The largest absolute Gasteiger partial charge is 0.480 e. The average Bonchev–Trinajstić information content (AvgIpc) is 3.03. The number of carboxylic acids is 1. The Balaban J connectivity index is 1.79. The Morgan fingerprint density at radius 2 is 1.75 bits per heavy atom. The SMILES string of the molecule is Cc1ccc(N(CC(=O)O)C(=O)C2CC3CC3C2)cc1. The number of benzene rings is 1. The first-order valence-corrected chi connectivity index (χ1v) is 7.14. The lowest BCUT2D eigenvalue weighted by Gasteiger charge is -2.25. The van der Waals surface area contributed by atoms with E-state index in [0.717, 1.165) is 18.4 Å². The zero-order valence-electron chi connectivity index (χ0n) is 11.6. The lowest BCUT2D eigenvalue weighted by molar-refractivity contribution is -0.137. The third-order valence-corrected chi connectivity index (χ3v) is 4.50. The fourth-order valence-corrected chi connectivity index (χ4v) is 3.29. The number of carbonyl (C=O) groups excluding carboxylic acids is 1. The van der Waals surface area contributed by atoms with E-state index in [4.69, 9.17) is 5.11 Å². The summed E-state index contributed by atoms with van der Waals surface area (Å²) in [7, 11) is 0. The first-order chi connectivity index (χ1) is 9.54. The first-order valence-electron chi connectivity index (χ1n) is 7.14. The molecule has 2 saturated carbocycles. The van der Waals surface area contributed by atoms with Gasteiger partial charge in [0.1, 0.15) is 6.54 Å².